The van der Waals surface area contributed by atoms with Crippen LogP contribution < -0.4 is 24.4 Å². The van der Waals surface area contributed by atoms with Gasteiger partial charge in [-0.2, -0.15) is 18.3 Å². The van der Waals surface area contributed by atoms with E-state index in [0.717, 1.165) is 30.4 Å². The van der Waals surface area contributed by atoms with Crippen LogP contribution in [0.1, 0.15) is 67.1 Å². The first-order valence-electron chi connectivity index (χ1n) is 14.8. The lowest BCUT2D eigenvalue weighted by Crippen LogP contribution is -2.47. The predicted molar refractivity (Wildman–Crippen MR) is 157 cm³/mol. The number of alkyl halides is 3. The number of carbonyl (C=O) groups excluding carboxylic acids is 2. The molecule has 0 aliphatic heterocycles. The molecule has 12 heteroatoms. The van der Waals surface area contributed by atoms with Crippen LogP contribution in [0.2, 0.25) is 0 Å². The molecule has 1 unspecified atom stereocenters. The minimum Gasteiger partial charge on any atom is -0.497 e. The summed E-state index contributed by atoms with van der Waals surface area (Å²) in [6.07, 6.45) is 0.921. The van der Waals surface area contributed by atoms with Gasteiger partial charge in [0.1, 0.15) is 18.3 Å². The minimum atomic E-state index is -4.65. The van der Waals surface area contributed by atoms with Crippen LogP contribution >= 0.6 is 0 Å². The summed E-state index contributed by atoms with van der Waals surface area (Å²) in [6, 6.07) is 10.4. The Balaban J connectivity index is 1.62. The number of amides is 2. The fraction of sp³-hybridized carbons (Fsp3) is 0.469. The van der Waals surface area contributed by atoms with Gasteiger partial charge in [-0.1, -0.05) is 25.0 Å². The molecule has 9 nitrogen and oxygen atoms in total. The van der Waals surface area contributed by atoms with Crippen molar-refractivity contribution in [2.45, 2.75) is 76.2 Å². The molecule has 1 fully saturated rings. The maximum absolute atomic E-state index is 14.4. The number of nitrogens with one attached hydrogen (secondary N) is 1. The van der Waals surface area contributed by atoms with Crippen molar-refractivity contribution >= 4 is 17.5 Å². The van der Waals surface area contributed by atoms with E-state index in [4.69, 9.17) is 14.2 Å². The molecule has 2 aliphatic rings. The van der Waals surface area contributed by atoms with Gasteiger partial charge in [-0.3, -0.25) is 19.2 Å². The number of methoxy groups -OCH3 is 3. The highest BCUT2D eigenvalue weighted by atomic mass is 19.4. The van der Waals surface area contributed by atoms with Crippen LogP contribution in [-0.4, -0.2) is 49.0 Å². The third-order valence-electron chi connectivity index (χ3n) is 8.36. The molecule has 2 aromatic carbocycles. The fourth-order valence-corrected chi connectivity index (χ4v) is 6.20. The number of hydrogen-bond donors (Lipinski definition) is 1. The summed E-state index contributed by atoms with van der Waals surface area (Å²) in [5.74, 6) is 0.294. The van der Waals surface area contributed by atoms with Crippen molar-refractivity contribution in [3.8, 4) is 17.2 Å². The van der Waals surface area contributed by atoms with Gasteiger partial charge < -0.3 is 19.5 Å². The SMILES string of the molecule is COc1ccc(C(C(=O)NC2CCCC2)N(C(=O)Cn2nc(C(F)(F)F)c3c2CCCC3)c2ccc(OC)c(OC)c2)cc1. The van der Waals surface area contributed by atoms with E-state index in [2.05, 4.69) is 10.4 Å². The number of ether oxygens (including phenoxy) is 3. The van der Waals surface area contributed by atoms with E-state index in [-0.39, 0.29) is 18.0 Å². The molecule has 2 amide bonds. The predicted octanol–water partition coefficient (Wildman–Crippen LogP) is 5.64. The molecule has 1 saturated carbocycles. The van der Waals surface area contributed by atoms with Crippen LogP contribution in [0, 0.1) is 0 Å². The zero-order chi connectivity index (χ0) is 31.4. The lowest BCUT2D eigenvalue weighted by atomic mass is 9.95. The summed E-state index contributed by atoms with van der Waals surface area (Å²) >= 11 is 0. The number of halogens is 3. The van der Waals surface area contributed by atoms with Gasteiger partial charge >= 0.3 is 6.18 Å². The molecule has 2 aliphatic carbocycles. The summed E-state index contributed by atoms with van der Waals surface area (Å²) in [5.41, 5.74) is 0.402. The van der Waals surface area contributed by atoms with Crippen molar-refractivity contribution in [2.24, 2.45) is 0 Å². The van der Waals surface area contributed by atoms with E-state index in [1.807, 2.05) is 0 Å². The maximum Gasteiger partial charge on any atom is 0.435 e. The van der Waals surface area contributed by atoms with E-state index < -0.39 is 36.3 Å². The second kappa shape index (κ2) is 13.2. The standard InChI is InChI=1S/C32H37F3N4O5/c1-42-23-15-12-20(13-16-23)29(31(41)36-21-8-4-5-9-21)39(22-14-17-26(43-2)27(18-22)44-3)28(40)19-38-25-11-7-6-10-24(25)30(37-38)32(33,34)35/h12-18,21,29H,4-11,19H2,1-3H3,(H,36,41). The van der Waals surface area contributed by atoms with Gasteiger partial charge in [0, 0.05) is 29.1 Å². The summed E-state index contributed by atoms with van der Waals surface area (Å²) in [5, 5.41) is 7.01. The summed E-state index contributed by atoms with van der Waals surface area (Å²) in [7, 11) is 4.46. The average Bonchev–Trinajstić information content (AvgIpc) is 3.67. The number of hydrogen-bond acceptors (Lipinski definition) is 6. The molecule has 5 rings (SSSR count). The van der Waals surface area contributed by atoms with Gasteiger partial charge in [-0.15, -0.1) is 0 Å². The van der Waals surface area contributed by atoms with Gasteiger partial charge in [0.25, 0.3) is 0 Å². The number of nitrogens with zero attached hydrogens (tertiary/aromatic N) is 3. The molecule has 3 aromatic rings. The Hall–Kier alpha value is -4.22. The average molecular weight is 615 g/mol. The van der Waals surface area contributed by atoms with Gasteiger partial charge in [-0.25, -0.2) is 0 Å². The minimum absolute atomic E-state index is 0.0434. The second-order valence-corrected chi connectivity index (χ2v) is 11.1. The highest BCUT2D eigenvalue weighted by molar-refractivity contribution is 6.01. The lowest BCUT2D eigenvalue weighted by molar-refractivity contribution is -0.142. The first-order valence-corrected chi connectivity index (χ1v) is 14.8. The highest BCUT2D eigenvalue weighted by Crippen LogP contribution is 2.38. The fourth-order valence-electron chi connectivity index (χ4n) is 6.20. The molecule has 1 aromatic heterocycles. The van der Waals surface area contributed by atoms with E-state index >= 15 is 0 Å². The molecule has 1 heterocycles. The zero-order valence-electron chi connectivity index (χ0n) is 25.1. The third kappa shape index (κ3) is 6.48. The van der Waals surface area contributed by atoms with Crippen molar-refractivity contribution < 1.29 is 37.0 Å². The Morgan fingerprint density at radius 2 is 1.64 bits per heavy atom. The van der Waals surface area contributed by atoms with Crippen LogP contribution in [0.3, 0.4) is 0 Å². The number of aromatic nitrogens is 2. The monoisotopic (exact) mass is 614 g/mol. The Morgan fingerprint density at radius 3 is 2.27 bits per heavy atom. The van der Waals surface area contributed by atoms with Crippen molar-refractivity contribution in [1.29, 1.82) is 0 Å². The molecular formula is C32H37F3N4O5. The van der Waals surface area contributed by atoms with E-state index in [9.17, 15) is 22.8 Å². The Bertz CT molecular complexity index is 1480. The summed E-state index contributed by atoms with van der Waals surface area (Å²) in [4.78, 5) is 29.8. The number of carbonyl (C=O) groups is 2. The third-order valence-corrected chi connectivity index (χ3v) is 8.36. The number of fused-ring (bicyclic) bond motifs is 1. The quantitative estimate of drug-likeness (QED) is 0.318. The maximum atomic E-state index is 14.4. The molecule has 1 N–H and O–H groups in total. The molecule has 44 heavy (non-hydrogen) atoms. The van der Waals surface area contributed by atoms with Crippen molar-refractivity contribution in [3.63, 3.8) is 0 Å². The largest absolute Gasteiger partial charge is 0.497 e. The molecule has 0 spiro atoms. The van der Waals surface area contributed by atoms with Crippen molar-refractivity contribution in [1.82, 2.24) is 15.1 Å². The van der Waals surface area contributed by atoms with Crippen molar-refractivity contribution in [2.75, 3.05) is 26.2 Å². The van der Waals surface area contributed by atoms with E-state index in [1.165, 1.54) is 26.2 Å². The molecule has 1 atom stereocenters. The summed E-state index contributed by atoms with van der Waals surface area (Å²) in [6.45, 7) is -0.490. The number of anilines is 1. The zero-order valence-corrected chi connectivity index (χ0v) is 25.1. The smallest absolute Gasteiger partial charge is 0.435 e. The molecule has 0 saturated heterocycles. The van der Waals surface area contributed by atoms with Crippen LogP contribution in [0.25, 0.3) is 0 Å². The van der Waals surface area contributed by atoms with Crippen molar-refractivity contribution in [3.05, 3.63) is 65.0 Å². The first-order chi connectivity index (χ1) is 21.1. The molecule has 0 bridgehead atoms. The van der Waals surface area contributed by atoms with Gasteiger partial charge in [-0.05, 0) is 68.4 Å². The highest BCUT2D eigenvalue weighted by Gasteiger charge is 2.41. The number of rotatable bonds is 10. The topological polar surface area (TPSA) is 94.9 Å². The Labute approximate surface area is 254 Å². The summed E-state index contributed by atoms with van der Waals surface area (Å²) < 4.78 is 59.2. The number of benzene rings is 2. The van der Waals surface area contributed by atoms with Crippen LogP contribution in [0.4, 0.5) is 18.9 Å². The van der Waals surface area contributed by atoms with Gasteiger partial charge in [0.2, 0.25) is 11.8 Å². The Kier molecular flexibility index (Phi) is 9.36. The lowest BCUT2D eigenvalue weighted by Gasteiger charge is -2.33. The van der Waals surface area contributed by atoms with Crippen LogP contribution in [-0.2, 0) is 35.2 Å². The molecule has 236 valence electrons. The van der Waals surface area contributed by atoms with Crippen LogP contribution in [0.15, 0.2) is 42.5 Å². The van der Waals surface area contributed by atoms with Crippen LogP contribution in [0.5, 0.6) is 17.2 Å². The Morgan fingerprint density at radius 1 is 0.955 bits per heavy atom. The molecular weight excluding hydrogens is 577 g/mol. The first kappa shape index (κ1) is 31.2. The van der Waals surface area contributed by atoms with Gasteiger partial charge in [0.15, 0.2) is 17.2 Å². The van der Waals surface area contributed by atoms with E-state index in [0.29, 0.717) is 53.5 Å². The molecule has 0 radical (unpaired) electrons. The van der Waals surface area contributed by atoms with Gasteiger partial charge in [0.05, 0.1) is 21.3 Å². The normalized spacial score (nSPS) is 15.8. The second-order valence-electron chi connectivity index (χ2n) is 11.1. The van der Waals surface area contributed by atoms with E-state index in [1.54, 1.807) is 42.5 Å².